The van der Waals surface area contributed by atoms with Crippen molar-refractivity contribution in [2.45, 2.75) is 0 Å². The van der Waals surface area contributed by atoms with E-state index in [2.05, 4.69) is 11.1 Å². The zero-order valence-corrected chi connectivity index (χ0v) is 12.9. The summed E-state index contributed by atoms with van der Waals surface area (Å²) < 4.78 is 0. The molecule has 22 heavy (non-hydrogen) atoms. The smallest absolute Gasteiger partial charge is 0.142 e. The van der Waals surface area contributed by atoms with Gasteiger partial charge in [0, 0.05) is 11.5 Å². The van der Waals surface area contributed by atoms with Gasteiger partial charge in [0.25, 0.3) is 0 Å². The fourth-order valence-electron chi connectivity index (χ4n) is 2.27. The molecule has 2 aromatic rings. The number of aromatic nitrogens is 1. The zero-order valence-electron chi connectivity index (χ0n) is 11.3. The van der Waals surface area contributed by atoms with Crippen molar-refractivity contribution in [3.8, 4) is 17.2 Å². The molecule has 3 nitrogen and oxygen atoms in total. The van der Waals surface area contributed by atoms with Crippen LogP contribution in [0.3, 0.4) is 0 Å². The van der Waals surface area contributed by atoms with Gasteiger partial charge in [0.05, 0.1) is 15.7 Å². The molecule has 0 bridgehead atoms. The number of nitrogens with zero attached hydrogens (tertiary/aromatic N) is 2. The third-order valence-corrected chi connectivity index (χ3v) is 4.09. The zero-order chi connectivity index (χ0) is 15.7. The van der Waals surface area contributed by atoms with Gasteiger partial charge in [-0.1, -0.05) is 29.3 Å². The van der Waals surface area contributed by atoms with Crippen molar-refractivity contribution in [1.29, 1.82) is 5.26 Å². The van der Waals surface area contributed by atoms with E-state index in [4.69, 9.17) is 28.9 Å². The van der Waals surface area contributed by atoms with E-state index in [-0.39, 0.29) is 5.82 Å². The molecule has 1 fully saturated rings. The van der Waals surface area contributed by atoms with Gasteiger partial charge in [0.15, 0.2) is 0 Å². The highest BCUT2D eigenvalue weighted by atomic mass is 35.5. The molecule has 0 amide bonds. The molecule has 1 aliphatic rings. The lowest BCUT2D eigenvalue weighted by atomic mass is 9.95. The molecule has 1 aliphatic carbocycles. The first-order valence-electron chi connectivity index (χ1n) is 6.48. The van der Waals surface area contributed by atoms with Crippen LogP contribution in [0.2, 0.25) is 10.0 Å². The molecule has 5 radical (unpaired) electrons. The van der Waals surface area contributed by atoms with E-state index >= 15 is 0 Å². The molecular formula is C17H10Cl2N3. The van der Waals surface area contributed by atoms with Gasteiger partial charge in [-0.15, -0.1) is 0 Å². The Kier molecular flexibility index (Phi) is 4.24. The molecule has 107 valence electrons. The minimum Gasteiger partial charge on any atom is -0.383 e. The van der Waals surface area contributed by atoms with Gasteiger partial charge < -0.3 is 5.73 Å². The average Bonchev–Trinajstić information content (AvgIpc) is 3.03. The summed E-state index contributed by atoms with van der Waals surface area (Å²) >= 11 is 12.0. The van der Waals surface area contributed by atoms with Crippen LogP contribution in [0.4, 0.5) is 5.82 Å². The normalized spacial score (nSPS) is 15.0. The van der Waals surface area contributed by atoms with Crippen LogP contribution in [0.1, 0.15) is 11.3 Å². The van der Waals surface area contributed by atoms with E-state index in [1.54, 1.807) is 18.2 Å². The Labute approximate surface area is 139 Å². The molecule has 0 unspecified atom stereocenters. The molecule has 0 aliphatic heterocycles. The fourth-order valence-corrected chi connectivity index (χ4v) is 2.56. The molecule has 0 atom stereocenters. The molecule has 1 aromatic carbocycles. The van der Waals surface area contributed by atoms with Crippen LogP contribution < -0.4 is 5.73 Å². The lowest BCUT2D eigenvalue weighted by Crippen LogP contribution is -2.05. The van der Waals surface area contributed by atoms with Gasteiger partial charge in [0.2, 0.25) is 0 Å². The van der Waals surface area contributed by atoms with Crippen LogP contribution in [-0.2, 0) is 0 Å². The SMILES string of the molecule is N#Cc1c(-c2ccc(Cl)c(Cl)c2)cc([C]2[CH][CH][CH][CH]2)nc1N. The highest BCUT2D eigenvalue weighted by Gasteiger charge is 2.23. The lowest BCUT2D eigenvalue weighted by Gasteiger charge is -2.13. The van der Waals surface area contributed by atoms with E-state index in [9.17, 15) is 5.26 Å². The summed E-state index contributed by atoms with van der Waals surface area (Å²) in [6, 6.07) is 9.16. The predicted molar refractivity (Wildman–Crippen MR) is 88.4 cm³/mol. The maximum absolute atomic E-state index is 9.38. The molecule has 0 saturated heterocycles. The van der Waals surface area contributed by atoms with Crippen molar-refractivity contribution in [1.82, 2.24) is 4.98 Å². The minimum absolute atomic E-state index is 0.197. The van der Waals surface area contributed by atoms with Gasteiger partial charge >= 0.3 is 0 Å². The Bertz CT molecular complexity index is 759. The van der Waals surface area contributed by atoms with E-state index in [0.717, 1.165) is 11.5 Å². The number of hydrogen-bond donors (Lipinski definition) is 1. The van der Waals surface area contributed by atoms with Crippen LogP contribution in [0.5, 0.6) is 0 Å². The Morgan fingerprint density at radius 3 is 2.41 bits per heavy atom. The number of anilines is 1. The highest BCUT2D eigenvalue weighted by Crippen LogP contribution is 2.36. The first-order valence-corrected chi connectivity index (χ1v) is 7.24. The van der Waals surface area contributed by atoms with Gasteiger partial charge in [0.1, 0.15) is 17.5 Å². The van der Waals surface area contributed by atoms with Crippen LogP contribution in [0.25, 0.3) is 11.1 Å². The van der Waals surface area contributed by atoms with E-state index < -0.39 is 0 Å². The summed E-state index contributed by atoms with van der Waals surface area (Å²) in [7, 11) is 0. The Morgan fingerprint density at radius 1 is 1.05 bits per heavy atom. The Balaban J connectivity index is 2.15. The number of benzene rings is 1. The molecule has 1 aromatic heterocycles. The molecule has 1 heterocycles. The molecular weight excluding hydrogens is 317 g/mol. The van der Waals surface area contributed by atoms with Crippen molar-refractivity contribution >= 4 is 29.0 Å². The standard InChI is InChI=1S/C17H10Cl2N3/c18-14-6-5-11(7-15(14)19)12-8-16(10-3-1-2-4-10)22-17(21)13(12)9-20/h1-8H,(H2,21,22). The summed E-state index contributed by atoms with van der Waals surface area (Å²) in [6.45, 7) is 0. The number of halogens is 2. The summed E-state index contributed by atoms with van der Waals surface area (Å²) in [5, 5.41) is 10.3. The first kappa shape index (κ1) is 15.1. The van der Waals surface area contributed by atoms with Crippen molar-refractivity contribution < 1.29 is 0 Å². The number of nitriles is 1. The number of nitrogens with two attached hydrogens (primary N) is 1. The van der Waals surface area contributed by atoms with Gasteiger partial charge in [-0.05, 0) is 49.4 Å². The van der Waals surface area contributed by atoms with Crippen LogP contribution in [0.15, 0.2) is 24.3 Å². The van der Waals surface area contributed by atoms with Crippen LogP contribution in [-0.4, -0.2) is 4.98 Å². The van der Waals surface area contributed by atoms with Crippen molar-refractivity contribution in [3.05, 3.63) is 77.2 Å². The molecule has 3 rings (SSSR count). The summed E-state index contributed by atoms with van der Waals surface area (Å²) in [6.07, 6.45) is 7.72. The number of pyridine rings is 1. The third-order valence-electron chi connectivity index (χ3n) is 3.35. The average molecular weight is 327 g/mol. The molecule has 1 saturated carbocycles. The van der Waals surface area contributed by atoms with Gasteiger partial charge in [-0.25, -0.2) is 4.98 Å². The second-order valence-electron chi connectivity index (χ2n) is 4.73. The molecule has 5 heteroatoms. The van der Waals surface area contributed by atoms with Gasteiger partial charge in [-0.2, -0.15) is 5.26 Å². The number of nitrogen functional groups attached to an aromatic ring is 1. The molecule has 0 spiro atoms. The van der Waals surface area contributed by atoms with Crippen molar-refractivity contribution in [2.75, 3.05) is 5.73 Å². The predicted octanol–water partition coefficient (Wildman–Crippen LogP) is 4.26. The highest BCUT2D eigenvalue weighted by molar-refractivity contribution is 6.42. The van der Waals surface area contributed by atoms with E-state index in [1.165, 1.54) is 0 Å². The van der Waals surface area contributed by atoms with Crippen LogP contribution >= 0.6 is 23.2 Å². The molecule has 2 N–H and O–H groups in total. The quantitative estimate of drug-likeness (QED) is 0.896. The third kappa shape index (κ3) is 2.77. The topological polar surface area (TPSA) is 62.7 Å². The summed E-state index contributed by atoms with van der Waals surface area (Å²) in [5.41, 5.74) is 8.45. The second-order valence-corrected chi connectivity index (χ2v) is 5.54. The monoisotopic (exact) mass is 326 g/mol. The summed E-state index contributed by atoms with van der Waals surface area (Å²) in [5.74, 6) is 1.14. The van der Waals surface area contributed by atoms with Crippen molar-refractivity contribution in [2.24, 2.45) is 0 Å². The lowest BCUT2D eigenvalue weighted by molar-refractivity contribution is 1.14. The fraction of sp³-hybridized carbons (Fsp3) is 0. The maximum Gasteiger partial charge on any atom is 0.142 e. The Morgan fingerprint density at radius 2 is 1.77 bits per heavy atom. The Hall–Kier alpha value is -1.76. The first-order chi connectivity index (χ1) is 10.6. The van der Waals surface area contributed by atoms with Gasteiger partial charge in [-0.3, -0.25) is 0 Å². The largest absolute Gasteiger partial charge is 0.383 e. The minimum atomic E-state index is 0.197. The van der Waals surface area contributed by atoms with Crippen LogP contribution in [0, 0.1) is 42.9 Å². The second kappa shape index (κ2) is 6.16. The van der Waals surface area contributed by atoms with E-state index in [0.29, 0.717) is 26.9 Å². The number of hydrogen-bond acceptors (Lipinski definition) is 3. The number of rotatable bonds is 2. The summed E-state index contributed by atoms with van der Waals surface area (Å²) in [4.78, 5) is 4.31. The van der Waals surface area contributed by atoms with E-state index in [1.807, 2.05) is 31.7 Å². The van der Waals surface area contributed by atoms with Crippen molar-refractivity contribution in [3.63, 3.8) is 0 Å². The maximum atomic E-state index is 9.38.